The van der Waals surface area contributed by atoms with E-state index >= 15 is 0 Å². The van der Waals surface area contributed by atoms with Gasteiger partial charge >= 0.3 is 0 Å². The number of nitrogens with zero attached hydrogens (tertiary/aromatic N) is 2. The molecule has 2 aromatic rings. The fourth-order valence-corrected chi connectivity index (χ4v) is 5.63. The van der Waals surface area contributed by atoms with Crippen molar-refractivity contribution in [3.05, 3.63) is 28.2 Å². The van der Waals surface area contributed by atoms with E-state index in [1.165, 1.54) is 17.6 Å². The highest BCUT2D eigenvalue weighted by atomic mass is 79.9. The third-order valence-electron chi connectivity index (χ3n) is 3.45. The molecular formula is C14H15BrClFN2S2. The van der Waals surface area contributed by atoms with Crippen LogP contribution in [0.3, 0.4) is 0 Å². The number of alkyl halides is 1. The molecule has 0 spiro atoms. The van der Waals surface area contributed by atoms with Gasteiger partial charge in [-0.2, -0.15) is 23.5 Å². The zero-order valence-electron chi connectivity index (χ0n) is 11.5. The molecule has 2 atom stereocenters. The molecule has 0 bridgehead atoms. The number of halogens is 3. The predicted molar refractivity (Wildman–Crippen MR) is 95.2 cm³/mol. The number of rotatable bonds is 3. The largest absolute Gasteiger partial charge is 0.326 e. The minimum absolute atomic E-state index is 0.194. The Labute approximate surface area is 145 Å². The summed E-state index contributed by atoms with van der Waals surface area (Å²) in [6.07, 6.45) is 0. The molecular weight excluding hydrogens is 395 g/mol. The quantitative estimate of drug-likeness (QED) is 0.658. The highest BCUT2D eigenvalue weighted by molar-refractivity contribution is 9.10. The van der Waals surface area contributed by atoms with Gasteiger partial charge in [0.2, 0.25) is 0 Å². The maximum Gasteiger partial charge on any atom is 0.139 e. The van der Waals surface area contributed by atoms with E-state index in [4.69, 9.17) is 11.6 Å². The summed E-state index contributed by atoms with van der Waals surface area (Å²) < 4.78 is 16.3. The Hall–Kier alpha value is 0.0900. The van der Waals surface area contributed by atoms with Gasteiger partial charge in [0.25, 0.3) is 0 Å². The minimum atomic E-state index is -0.288. The van der Waals surface area contributed by atoms with E-state index in [1.54, 1.807) is 6.07 Å². The SMILES string of the molecule is CC(Cl)c1nc2cc(F)c(Br)cc2n1CC1CSCCS1. The molecule has 1 aromatic carbocycles. The molecule has 0 radical (unpaired) electrons. The van der Waals surface area contributed by atoms with Crippen molar-refractivity contribution < 1.29 is 4.39 Å². The van der Waals surface area contributed by atoms with Crippen molar-refractivity contribution in [1.29, 1.82) is 0 Å². The molecule has 7 heteroatoms. The van der Waals surface area contributed by atoms with Crippen molar-refractivity contribution >= 4 is 62.1 Å². The second-order valence-electron chi connectivity index (χ2n) is 5.02. The van der Waals surface area contributed by atoms with E-state index in [0.29, 0.717) is 15.2 Å². The van der Waals surface area contributed by atoms with E-state index in [9.17, 15) is 4.39 Å². The molecule has 2 heterocycles. The molecule has 21 heavy (non-hydrogen) atoms. The summed E-state index contributed by atoms with van der Waals surface area (Å²) in [6.45, 7) is 2.78. The molecule has 0 N–H and O–H groups in total. The third kappa shape index (κ3) is 3.38. The zero-order chi connectivity index (χ0) is 15.0. The van der Waals surface area contributed by atoms with Gasteiger partial charge in [0.05, 0.1) is 20.9 Å². The summed E-state index contributed by atoms with van der Waals surface area (Å²) >= 11 is 13.5. The van der Waals surface area contributed by atoms with Crippen molar-refractivity contribution in [1.82, 2.24) is 9.55 Å². The standard InChI is InChI=1S/C14H15BrClFN2S2/c1-8(16)14-18-12-5-11(17)10(15)4-13(12)19(14)6-9-7-20-2-3-21-9/h4-5,8-9H,2-3,6-7H2,1H3. The Morgan fingerprint density at radius 1 is 1.52 bits per heavy atom. The second-order valence-corrected chi connectivity index (χ2v) is 9.09. The van der Waals surface area contributed by atoms with Crippen molar-refractivity contribution in [3.8, 4) is 0 Å². The van der Waals surface area contributed by atoms with Crippen LogP contribution in [0.25, 0.3) is 11.0 Å². The lowest BCUT2D eigenvalue weighted by molar-refractivity contribution is 0.622. The molecule has 0 saturated carbocycles. The number of benzene rings is 1. The maximum atomic E-state index is 13.7. The van der Waals surface area contributed by atoms with Crippen LogP contribution in [0.5, 0.6) is 0 Å². The first-order valence-electron chi connectivity index (χ1n) is 6.75. The predicted octanol–water partition coefficient (Wildman–Crippen LogP) is 5.09. The van der Waals surface area contributed by atoms with Crippen molar-refractivity contribution in [2.45, 2.75) is 24.1 Å². The highest BCUT2D eigenvalue weighted by Gasteiger charge is 2.21. The smallest absolute Gasteiger partial charge is 0.139 e. The van der Waals surface area contributed by atoms with Gasteiger partial charge in [-0.25, -0.2) is 9.37 Å². The van der Waals surface area contributed by atoms with Crippen LogP contribution < -0.4 is 0 Å². The van der Waals surface area contributed by atoms with Crippen LogP contribution >= 0.6 is 51.1 Å². The molecule has 2 unspecified atom stereocenters. The van der Waals surface area contributed by atoms with E-state index in [-0.39, 0.29) is 11.2 Å². The fourth-order valence-electron chi connectivity index (χ4n) is 2.48. The first-order chi connectivity index (χ1) is 10.1. The van der Waals surface area contributed by atoms with E-state index in [0.717, 1.165) is 23.6 Å². The van der Waals surface area contributed by atoms with E-state index < -0.39 is 0 Å². The number of hydrogen-bond acceptors (Lipinski definition) is 3. The number of imidazole rings is 1. The normalized spacial score (nSPS) is 20.9. The van der Waals surface area contributed by atoms with Crippen molar-refractivity contribution in [2.24, 2.45) is 0 Å². The molecule has 1 fully saturated rings. The van der Waals surface area contributed by atoms with Gasteiger partial charge in [0.15, 0.2) is 0 Å². The van der Waals surface area contributed by atoms with E-state index in [2.05, 4.69) is 25.5 Å². The first-order valence-corrected chi connectivity index (χ1v) is 10.2. The lowest BCUT2D eigenvalue weighted by atomic mass is 10.3. The van der Waals surface area contributed by atoms with E-state index in [1.807, 2.05) is 30.4 Å². The van der Waals surface area contributed by atoms with Crippen LogP contribution in [0.1, 0.15) is 18.1 Å². The Morgan fingerprint density at radius 2 is 2.33 bits per heavy atom. The van der Waals surface area contributed by atoms with Gasteiger partial charge in [0.1, 0.15) is 11.6 Å². The fraction of sp³-hybridized carbons (Fsp3) is 0.500. The summed E-state index contributed by atoms with van der Waals surface area (Å²) in [5.74, 6) is 4.08. The molecule has 0 aliphatic carbocycles. The van der Waals surface area contributed by atoms with Gasteiger partial charge in [-0.1, -0.05) is 0 Å². The molecule has 1 saturated heterocycles. The molecule has 0 amide bonds. The molecule has 1 aliphatic heterocycles. The summed E-state index contributed by atoms with van der Waals surface area (Å²) in [5, 5.41) is 0.361. The maximum absolute atomic E-state index is 13.7. The van der Waals surface area contributed by atoms with Crippen LogP contribution in [-0.4, -0.2) is 32.1 Å². The van der Waals surface area contributed by atoms with Crippen LogP contribution in [0.15, 0.2) is 16.6 Å². The topological polar surface area (TPSA) is 17.8 Å². The number of fused-ring (bicyclic) bond motifs is 1. The zero-order valence-corrected chi connectivity index (χ0v) is 15.5. The van der Waals surface area contributed by atoms with Gasteiger partial charge in [-0.15, -0.1) is 11.6 Å². The van der Waals surface area contributed by atoms with Crippen LogP contribution in [-0.2, 0) is 6.54 Å². The lowest BCUT2D eigenvalue weighted by Gasteiger charge is -2.23. The average molecular weight is 410 g/mol. The van der Waals surface area contributed by atoms with Gasteiger partial charge in [-0.3, -0.25) is 0 Å². The minimum Gasteiger partial charge on any atom is -0.326 e. The number of hydrogen-bond donors (Lipinski definition) is 0. The molecule has 1 aromatic heterocycles. The summed E-state index contributed by atoms with van der Waals surface area (Å²) in [5.41, 5.74) is 1.62. The third-order valence-corrected chi connectivity index (χ3v) is 7.08. The Bertz CT molecular complexity index is 656. The molecule has 3 rings (SSSR count). The van der Waals surface area contributed by atoms with Gasteiger partial charge in [-0.05, 0) is 28.9 Å². The highest BCUT2D eigenvalue weighted by Crippen LogP contribution is 2.31. The summed E-state index contributed by atoms with van der Waals surface area (Å²) in [4.78, 5) is 4.53. The first kappa shape index (κ1) is 16.0. The number of aromatic nitrogens is 2. The van der Waals surface area contributed by atoms with Gasteiger partial charge < -0.3 is 4.57 Å². The van der Waals surface area contributed by atoms with Crippen molar-refractivity contribution in [2.75, 3.05) is 17.3 Å². The monoisotopic (exact) mass is 408 g/mol. The average Bonchev–Trinajstić information content (AvgIpc) is 2.79. The Balaban J connectivity index is 2.04. The van der Waals surface area contributed by atoms with Crippen LogP contribution in [0.4, 0.5) is 4.39 Å². The second kappa shape index (κ2) is 6.69. The number of thioether (sulfide) groups is 2. The Kier molecular flexibility index (Phi) is 5.08. The van der Waals surface area contributed by atoms with Crippen LogP contribution in [0, 0.1) is 5.82 Å². The van der Waals surface area contributed by atoms with Crippen LogP contribution in [0.2, 0.25) is 0 Å². The Morgan fingerprint density at radius 3 is 3.00 bits per heavy atom. The molecule has 1 aliphatic rings. The lowest BCUT2D eigenvalue weighted by Crippen LogP contribution is -2.21. The molecule has 114 valence electrons. The van der Waals surface area contributed by atoms with Crippen molar-refractivity contribution in [3.63, 3.8) is 0 Å². The summed E-state index contributed by atoms with van der Waals surface area (Å²) in [6, 6.07) is 3.28. The molecule has 2 nitrogen and oxygen atoms in total. The van der Waals surface area contributed by atoms with Gasteiger partial charge in [0, 0.05) is 35.1 Å². The summed E-state index contributed by atoms with van der Waals surface area (Å²) in [7, 11) is 0.